The van der Waals surface area contributed by atoms with Gasteiger partial charge >= 0.3 is 12.1 Å². The minimum absolute atomic E-state index is 0.0623. The lowest BCUT2D eigenvalue weighted by atomic mass is 9.96. The SMILES string of the molecule is CC(C)(C)OC(=O)c1c(N)sc2c1CC(CN1Cc3ccccc3C1=O)N(C(=O)OC(C)(C)C)C2. The van der Waals surface area contributed by atoms with Crippen LogP contribution in [0.4, 0.5) is 9.80 Å². The first kappa shape index (κ1) is 25.0. The number of thiophene rings is 1. The maximum Gasteiger partial charge on any atom is 0.410 e. The van der Waals surface area contributed by atoms with E-state index < -0.39 is 23.3 Å². The Morgan fingerprint density at radius 2 is 1.71 bits per heavy atom. The lowest BCUT2D eigenvalue weighted by Gasteiger charge is -2.38. The van der Waals surface area contributed by atoms with Crippen LogP contribution in [-0.2, 0) is 29.0 Å². The minimum Gasteiger partial charge on any atom is -0.456 e. The molecule has 4 rings (SSSR count). The molecule has 35 heavy (non-hydrogen) atoms. The predicted molar refractivity (Wildman–Crippen MR) is 134 cm³/mol. The van der Waals surface area contributed by atoms with Crippen molar-refractivity contribution in [2.24, 2.45) is 0 Å². The molecule has 2 amide bonds. The van der Waals surface area contributed by atoms with Gasteiger partial charge < -0.3 is 20.1 Å². The number of nitrogen functional groups attached to an aromatic ring is 1. The van der Waals surface area contributed by atoms with Gasteiger partial charge in [0.25, 0.3) is 5.91 Å². The smallest absolute Gasteiger partial charge is 0.410 e. The van der Waals surface area contributed by atoms with Crippen molar-refractivity contribution in [3.05, 3.63) is 51.4 Å². The number of anilines is 1. The maximum atomic E-state index is 13.2. The largest absolute Gasteiger partial charge is 0.456 e. The van der Waals surface area contributed by atoms with Gasteiger partial charge in [0.15, 0.2) is 0 Å². The van der Waals surface area contributed by atoms with Crippen molar-refractivity contribution >= 4 is 34.3 Å². The summed E-state index contributed by atoms with van der Waals surface area (Å²) in [5.41, 5.74) is 7.74. The molecule has 0 spiro atoms. The van der Waals surface area contributed by atoms with E-state index in [0.29, 0.717) is 35.6 Å². The second-order valence-electron chi connectivity index (χ2n) is 11.1. The first-order chi connectivity index (χ1) is 16.2. The molecule has 9 heteroatoms. The molecule has 188 valence electrons. The summed E-state index contributed by atoms with van der Waals surface area (Å²) in [7, 11) is 0. The van der Waals surface area contributed by atoms with Gasteiger partial charge in [-0.05, 0) is 65.2 Å². The molecule has 2 N–H and O–H groups in total. The first-order valence-corrected chi connectivity index (χ1v) is 12.6. The summed E-state index contributed by atoms with van der Waals surface area (Å²) >= 11 is 1.29. The number of nitrogens with two attached hydrogens (primary N) is 1. The van der Waals surface area contributed by atoms with Crippen LogP contribution in [0, 0.1) is 0 Å². The molecule has 1 aromatic carbocycles. The average Bonchev–Trinajstić information content (AvgIpc) is 3.20. The van der Waals surface area contributed by atoms with E-state index in [0.717, 1.165) is 16.0 Å². The summed E-state index contributed by atoms with van der Waals surface area (Å²) < 4.78 is 11.3. The zero-order chi connectivity index (χ0) is 25.7. The number of nitrogens with zero attached hydrogens (tertiary/aromatic N) is 2. The summed E-state index contributed by atoms with van der Waals surface area (Å²) in [6.45, 7) is 11.9. The van der Waals surface area contributed by atoms with E-state index in [-0.39, 0.29) is 18.5 Å². The van der Waals surface area contributed by atoms with Crippen LogP contribution < -0.4 is 5.73 Å². The highest BCUT2D eigenvalue weighted by molar-refractivity contribution is 7.16. The summed E-state index contributed by atoms with van der Waals surface area (Å²) in [5, 5.41) is 0.374. The second kappa shape index (κ2) is 8.86. The van der Waals surface area contributed by atoms with Crippen LogP contribution in [0.25, 0.3) is 0 Å². The van der Waals surface area contributed by atoms with Crippen LogP contribution in [-0.4, -0.2) is 51.6 Å². The molecule has 1 aromatic heterocycles. The highest BCUT2D eigenvalue weighted by atomic mass is 32.1. The molecular formula is C26H33N3O5S. The van der Waals surface area contributed by atoms with Gasteiger partial charge in [-0.25, -0.2) is 9.59 Å². The van der Waals surface area contributed by atoms with E-state index in [2.05, 4.69) is 0 Å². The Hall–Kier alpha value is -3.07. The highest BCUT2D eigenvalue weighted by Crippen LogP contribution is 2.39. The van der Waals surface area contributed by atoms with Gasteiger partial charge in [0, 0.05) is 23.5 Å². The molecule has 8 nitrogen and oxygen atoms in total. The van der Waals surface area contributed by atoms with E-state index in [9.17, 15) is 14.4 Å². The van der Waals surface area contributed by atoms with Crippen molar-refractivity contribution in [2.75, 3.05) is 12.3 Å². The van der Waals surface area contributed by atoms with Gasteiger partial charge in [-0.15, -0.1) is 11.3 Å². The third kappa shape index (κ3) is 5.29. The molecule has 0 aliphatic carbocycles. The molecule has 2 aliphatic heterocycles. The van der Waals surface area contributed by atoms with E-state index in [4.69, 9.17) is 15.2 Å². The molecule has 0 radical (unpaired) electrons. The number of carbonyl (C=O) groups excluding carboxylic acids is 3. The summed E-state index contributed by atoms with van der Waals surface area (Å²) in [5.74, 6) is -0.533. The Bertz CT molecular complexity index is 1170. The fraction of sp³-hybridized carbons (Fsp3) is 0.500. The standard InChI is InChI=1S/C26H33N3O5S/c1-25(2,3)33-23(31)20-18-11-16(13-28-12-15-9-7-8-10-17(15)22(28)30)29(14-19(18)35-21(20)27)24(32)34-26(4,5)6/h7-10,16H,11-14,27H2,1-6H3. The number of benzene rings is 1. The number of rotatable bonds is 3. The quantitative estimate of drug-likeness (QED) is 0.619. The number of ether oxygens (including phenoxy) is 2. The lowest BCUT2D eigenvalue weighted by molar-refractivity contribution is 0.00612. The van der Waals surface area contributed by atoms with Crippen LogP contribution in [0.2, 0.25) is 0 Å². The number of fused-ring (bicyclic) bond motifs is 2. The third-order valence-corrected chi connectivity index (χ3v) is 6.92. The molecule has 0 saturated carbocycles. The Morgan fingerprint density at radius 3 is 2.34 bits per heavy atom. The fourth-order valence-electron chi connectivity index (χ4n) is 4.47. The lowest BCUT2D eigenvalue weighted by Crippen LogP contribution is -2.51. The Labute approximate surface area is 210 Å². The normalized spacial score (nSPS) is 17.8. The highest BCUT2D eigenvalue weighted by Gasteiger charge is 2.40. The second-order valence-corrected chi connectivity index (χ2v) is 12.2. The van der Waals surface area contributed by atoms with Gasteiger partial charge in [-0.2, -0.15) is 0 Å². The number of amides is 2. The molecule has 0 bridgehead atoms. The molecule has 1 atom stereocenters. The molecule has 1 unspecified atom stereocenters. The van der Waals surface area contributed by atoms with Gasteiger partial charge in [-0.3, -0.25) is 9.69 Å². The van der Waals surface area contributed by atoms with E-state index in [1.165, 1.54) is 11.3 Å². The van der Waals surface area contributed by atoms with Crippen molar-refractivity contribution in [1.82, 2.24) is 9.80 Å². The van der Waals surface area contributed by atoms with Crippen LogP contribution in [0.1, 0.15) is 78.3 Å². The Kier molecular flexibility index (Phi) is 6.34. The summed E-state index contributed by atoms with van der Waals surface area (Å²) in [4.78, 5) is 43.5. The molecular weight excluding hydrogens is 466 g/mol. The number of hydrogen-bond donors (Lipinski definition) is 1. The third-order valence-electron chi connectivity index (χ3n) is 5.87. The van der Waals surface area contributed by atoms with Crippen LogP contribution >= 0.6 is 11.3 Å². The molecule has 0 fully saturated rings. The topological polar surface area (TPSA) is 102 Å². The molecule has 2 aromatic rings. The molecule has 2 aliphatic rings. The van der Waals surface area contributed by atoms with Gasteiger partial charge in [0.2, 0.25) is 0 Å². The first-order valence-electron chi connectivity index (χ1n) is 11.7. The minimum atomic E-state index is -0.669. The molecule has 0 saturated heterocycles. The van der Waals surface area contributed by atoms with Crippen molar-refractivity contribution in [1.29, 1.82) is 0 Å². The number of carbonyl (C=O) groups is 3. The Balaban J connectivity index is 1.66. The van der Waals surface area contributed by atoms with E-state index in [1.54, 1.807) is 9.80 Å². The van der Waals surface area contributed by atoms with Crippen LogP contribution in [0.5, 0.6) is 0 Å². The van der Waals surface area contributed by atoms with Gasteiger partial charge in [0.1, 0.15) is 16.2 Å². The fourth-order valence-corrected chi connectivity index (χ4v) is 5.56. The van der Waals surface area contributed by atoms with Crippen molar-refractivity contribution in [3.8, 4) is 0 Å². The summed E-state index contributed by atoms with van der Waals surface area (Å²) in [6.07, 6.45) is -0.0835. The average molecular weight is 500 g/mol. The zero-order valence-corrected chi connectivity index (χ0v) is 22.0. The molecule has 3 heterocycles. The zero-order valence-electron chi connectivity index (χ0n) is 21.1. The summed E-state index contributed by atoms with van der Waals surface area (Å²) in [6, 6.07) is 7.14. The van der Waals surface area contributed by atoms with Crippen molar-refractivity contribution in [3.63, 3.8) is 0 Å². The van der Waals surface area contributed by atoms with E-state index >= 15 is 0 Å². The van der Waals surface area contributed by atoms with Crippen LogP contribution in [0.15, 0.2) is 24.3 Å². The van der Waals surface area contributed by atoms with Crippen molar-refractivity contribution < 1.29 is 23.9 Å². The van der Waals surface area contributed by atoms with Gasteiger partial charge in [-0.1, -0.05) is 18.2 Å². The van der Waals surface area contributed by atoms with Crippen LogP contribution in [0.3, 0.4) is 0 Å². The van der Waals surface area contributed by atoms with Gasteiger partial charge in [0.05, 0.1) is 18.2 Å². The number of hydrogen-bond acceptors (Lipinski definition) is 7. The Morgan fingerprint density at radius 1 is 1.06 bits per heavy atom. The van der Waals surface area contributed by atoms with Crippen molar-refractivity contribution in [2.45, 2.75) is 78.3 Å². The predicted octanol–water partition coefficient (Wildman–Crippen LogP) is 4.60. The monoisotopic (exact) mass is 499 g/mol. The van der Waals surface area contributed by atoms with E-state index in [1.807, 2.05) is 65.8 Å². The maximum absolute atomic E-state index is 13.2. The number of esters is 1.